The summed E-state index contributed by atoms with van der Waals surface area (Å²) >= 11 is 3.64. The van der Waals surface area contributed by atoms with Crippen molar-refractivity contribution in [3.63, 3.8) is 0 Å². The minimum absolute atomic E-state index is 0.0236. The average molecular weight is 959 g/mol. The molecule has 0 aliphatic carbocycles. The van der Waals surface area contributed by atoms with Gasteiger partial charge in [-0.2, -0.15) is 0 Å². The van der Waals surface area contributed by atoms with Crippen LogP contribution < -0.4 is 5.32 Å². The zero-order valence-electron chi connectivity index (χ0n) is 39.8. The van der Waals surface area contributed by atoms with E-state index in [4.69, 9.17) is 4.74 Å². The first-order valence-electron chi connectivity index (χ1n) is 23.9. The second-order valence-electron chi connectivity index (χ2n) is 18.3. The number of rotatable bonds is 17. The molecule has 3 aliphatic rings. The molecule has 8 rings (SSSR count). The molecule has 3 fully saturated rings. The fourth-order valence-corrected chi connectivity index (χ4v) is 11.6. The smallest absolute Gasteiger partial charge is 0.123 e. The van der Waals surface area contributed by atoms with Crippen LogP contribution in [0, 0.1) is 23.3 Å². The monoisotopic (exact) mass is 958 g/mol. The van der Waals surface area contributed by atoms with Crippen LogP contribution in [0.1, 0.15) is 79.4 Å². The van der Waals surface area contributed by atoms with Crippen molar-refractivity contribution in [3.05, 3.63) is 178 Å². The molecule has 0 radical (unpaired) electrons. The summed E-state index contributed by atoms with van der Waals surface area (Å²) in [5, 5.41) is 14.4. The highest BCUT2D eigenvalue weighted by atomic mass is 32.2. The molecule has 362 valence electrons. The Morgan fingerprint density at radius 1 is 0.582 bits per heavy atom. The number of ether oxygens (including phenoxy) is 1. The number of nitrogens with zero attached hydrogens (tertiary/aromatic N) is 3. The predicted octanol–water partition coefficient (Wildman–Crippen LogP) is 11.1. The van der Waals surface area contributed by atoms with Crippen molar-refractivity contribution in [1.29, 1.82) is 0 Å². The lowest BCUT2D eigenvalue weighted by molar-refractivity contribution is 0.00721. The minimum atomic E-state index is -0.383. The lowest BCUT2D eigenvalue weighted by atomic mass is 10.0. The summed E-state index contributed by atoms with van der Waals surface area (Å²) in [6.45, 7) is 18.7. The van der Waals surface area contributed by atoms with E-state index in [1.807, 2.05) is 90.3 Å². The topological polar surface area (TPSA) is 54.5 Å². The van der Waals surface area contributed by atoms with Gasteiger partial charge in [0, 0.05) is 81.5 Å². The van der Waals surface area contributed by atoms with E-state index in [0.717, 1.165) is 85.2 Å². The highest BCUT2D eigenvalue weighted by molar-refractivity contribution is 8.00. The summed E-state index contributed by atoms with van der Waals surface area (Å²) in [6.07, 6.45) is 2.12. The molecule has 3 saturated heterocycles. The first-order valence-corrected chi connectivity index (χ1v) is 26.0. The van der Waals surface area contributed by atoms with E-state index in [9.17, 15) is 22.7 Å². The molecule has 0 bridgehead atoms. The van der Waals surface area contributed by atoms with E-state index < -0.39 is 0 Å². The van der Waals surface area contributed by atoms with Crippen LogP contribution in [0.3, 0.4) is 0 Å². The first kappa shape index (κ1) is 52.6. The summed E-state index contributed by atoms with van der Waals surface area (Å²) < 4.78 is 58.5. The van der Waals surface area contributed by atoms with Crippen LogP contribution in [0.2, 0.25) is 0 Å². The third-order valence-corrected chi connectivity index (χ3v) is 15.1. The van der Waals surface area contributed by atoms with Gasteiger partial charge in [0.2, 0.25) is 0 Å². The van der Waals surface area contributed by atoms with Crippen LogP contribution in [0.25, 0.3) is 0 Å². The lowest BCUT2D eigenvalue weighted by Crippen LogP contribution is -2.58. The number of β-amino-alcohol motifs (C(OH)–C–C–N with tert-alkyl or cyclic N) is 1. The Kier molecular flexibility index (Phi) is 21.1. The molecule has 6 atom stereocenters. The largest absolute Gasteiger partial charge is 0.391 e. The van der Waals surface area contributed by atoms with E-state index in [-0.39, 0.29) is 39.9 Å². The van der Waals surface area contributed by atoms with E-state index in [0.29, 0.717) is 43.2 Å². The Balaban J connectivity index is 0.000000208. The zero-order valence-corrected chi connectivity index (χ0v) is 41.4. The molecule has 3 heterocycles. The molecule has 67 heavy (non-hydrogen) atoms. The van der Waals surface area contributed by atoms with Gasteiger partial charge in [-0.05, 0) is 117 Å². The summed E-state index contributed by atoms with van der Waals surface area (Å²) in [4.78, 5) is 7.41. The van der Waals surface area contributed by atoms with Crippen molar-refractivity contribution < 1.29 is 27.4 Å². The van der Waals surface area contributed by atoms with Gasteiger partial charge in [-0.15, -0.1) is 23.5 Å². The molecule has 5 aromatic carbocycles. The third-order valence-electron chi connectivity index (χ3n) is 12.5. The maximum Gasteiger partial charge on any atom is 0.123 e. The standard InChI is InChI=1S/C30H36F2N2OS.C21H26F2N2S.C4H8O/c1-22-19-33(20-23(2)34(22)21-29(35)18-24-6-4-3-5-7-24)16-17-36-30(25-8-12-27(31)13-9-25)26-10-14-28(32)15-11-26;1-15-13-25(14-16(2)24-15)11-12-26-21(17-3-7-19(22)8-4-17)18-5-9-20(23)10-6-18;1-2-4-3-5-4/h3-15,22-23,29-30,35H,16-21H2,1-2H3;3-10,15-16,21,24H,11-14H2,1-2H3;4H,2-3H2,1H3/t22-,23+,29?;15-,16+;. The minimum Gasteiger partial charge on any atom is -0.391 e. The van der Waals surface area contributed by atoms with Crippen molar-refractivity contribution in [2.24, 2.45) is 0 Å². The first-order chi connectivity index (χ1) is 32.3. The van der Waals surface area contributed by atoms with Crippen LogP contribution in [0.5, 0.6) is 0 Å². The summed E-state index contributed by atoms with van der Waals surface area (Å²) in [6, 6.07) is 38.4. The van der Waals surface area contributed by atoms with Gasteiger partial charge < -0.3 is 15.2 Å². The van der Waals surface area contributed by atoms with Crippen LogP contribution in [-0.4, -0.2) is 120 Å². The molecule has 0 aromatic heterocycles. The number of aliphatic hydroxyl groups excluding tert-OH is 1. The molecular weight excluding hydrogens is 889 g/mol. The van der Waals surface area contributed by atoms with Crippen LogP contribution in [0.4, 0.5) is 17.6 Å². The number of epoxide rings is 1. The van der Waals surface area contributed by atoms with E-state index in [1.165, 1.54) is 55.0 Å². The summed E-state index contributed by atoms with van der Waals surface area (Å²) in [5.74, 6) is 0.905. The number of piperazine rings is 2. The van der Waals surface area contributed by atoms with Crippen molar-refractivity contribution in [2.45, 2.75) is 94.3 Å². The van der Waals surface area contributed by atoms with Crippen molar-refractivity contribution in [2.75, 3.05) is 63.9 Å². The number of thioether (sulfide) groups is 2. The number of nitrogens with one attached hydrogen (secondary N) is 1. The molecule has 5 aromatic rings. The van der Waals surface area contributed by atoms with Gasteiger partial charge in [0.25, 0.3) is 0 Å². The Labute approximate surface area is 405 Å². The molecule has 2 unspecified atom stereocenters. The Morgan fingerprint density at radius 3 is 1.30 bits per heavy atom. The number of aliphatic hydroxyl groups is 1. The van der Waals surface area contributed by atoms with Crippen molar-refractivity contribution >= 4 is 23.5 Å². The Hall–Kier alpha value is -3.72. The number of halogens is 4. The van der Waals surface area contributed by atoms with Gasteiger partial charge in [0.05, 0.1) is 29.3 Å². The molecule has 0 amide bonds. The van der Waals surface area contributed by atoms with Crippen molar-refractivity contribution in [3.8, 4) is 0 Å². The zero-order chi connectivity index (χ0) is 47.7. The maximum absolute atomic E-state index is 13.5. The average Bonchev–Trinajstić information content (AvgIpc) is 4.16. The molecule has 6 nitrogen and oxygen atoms in total. The van der Waals surface area contributed by atoms with Crippen molar-refractivity contribution in [1.82, 2.24) is 20.0 Å². The van der Waals surface area contributed by atoms with E-state index in [1.54, 1.807) is 0 Å². The fraction of sp³-hybridized carbons (Fsp3) is 0.455. The normalized spacial score (nSPS) is 21.6. The van der Waals surface area contributed by atoms with Gasteiger partial charge in [-0.1, -0.05) is 85.8 Å². The van der Waals surface area contributed by atoms with E-state index in [2.05, 4.69) is 66.8 Å². The second-order valence-corrected chi connectivity index (χ2v) is 20.7. The van der Waals surface area contributed by atoms with E-state index >= 15 is 0 Å². The van der Waals surface area contributed by atoms with Crippen LogP contribution in [0.15, 0.2) is 127 Å². The Bertz CT molecular complexity index is 2040. The predicted molar refractivity (Wildman–Crippen MR) is 271 cm³/mol. The summed E-state index contributed by atoms with van der Waals surface area (Å²) in [7, 11) is 0. The quantitative estimate of drug-likeness (QED) is 0.0706. The van der Waals surface area contributed by atoms with Gasteiger partial charge in [-0.3, -0.25) is 14.7 Å². The molecular formula is C55H70F4N4O2S2. The molecule has 3 aliphatic heterocycles. The molecule has 2 N–H and O–H groups in total. The Morgan fingerprint density at radius 2 is 0.955 bits per heavy atom. The van der Waals surface area contributed by atoms with Gasteiger partial charge in [-0.25, -0.2) is 17.6 Å². The van der Waals surface area contributed by atoms with Gasteiger partial charge >= 0.3 is 0 Å². The van der Waals surface area contributed by atoms with Crippen LogP contribution in [-0.2, 0) is 11.2 Å². The van der Waals surface area contributed by atoms with Gasteiger partial charge in [0.15, 0.2) is 0 Å². The number of benzene rings is 5. The molecule has 12 heteroatoms. The highest BCUT2D eigenvalue weighted by Crippen LogP contribution is 2.37. The maximum atomic E-state index is 13.5. The lowest BCUT2D eigenvalue weighted by Gasteiger charge is -2.45. The number of hydrogen-bond donors (Lipinski definition) is 2. The number of hydrogen-bond acceptors (Lipinski definition) is 8. The van der Waals surface area contributed by atoms with Crippen LogP contribution >= 0.6 is 23.5 Å². The third kappa shape index (κ3) is 17.6. The second kappa shape index (κ2) is 26.9. The highest BCUT2D eigenvalue weighted by Gasteiger charge is 2.31. The fourth-order valence-electron chi connectivity index (χ4n) is 9.05. The SMILES string of the molecule is CCC1CO1.C[C@@H]1CN(CCSC(c2ccc(F)cc2)c2ccc(F)cc2)C[C@H](C)N1.C[C@@H]1CN(CCSC(c2ccc(F)cc2)c2ccc(F)cc2)C[C@H](C)N1CC(O)Cc1ccccc1. The van der Waals surface area contributed by atoms with Gasteiger partial charge in [0.1, 0.15) is 23.3 Å². The summed E-state index contributed by atoms with van der Waals surface area (Å²) in [5.41, 5.74) is 5.30. The molecule has 0 spiro atoms. The molecule has 0 saturated carbocycles.